The van der Waals surface area contributed by atoms with E-state index < -0.39 is 23.3 Å². The first-order valence-electron chi connectivity index (χ1n) is 10.3. The number of hydrogen-bond acceptors (Lipinski definition) is 6. The fourth-order valence-corrected chi connectivity index (χ4v) is 2.81. The molecule has 0 fully saturated rings. The van der Waals surface area contributed by atoms with Gasteiger partial charge in [-0.2, -0.15) is 0 Å². The molecule has 0 saturated heterocycles. The molecule has 0 aliphatic rings. The minimum Gasteiger partial charge on any atom is -0.487 e. The predicted molar refractivity (Wildman–Crippen MR) is 119 cm³/mol. The standard InChI is InChI=1S/C24H30FNO6/c1-8-30-21-19(31-14(2)3)11-15(12-20(21)32-24(4,5)6)22(27)26-16-9-10-17(18(25)13-16)23(28)29-7/h9-14H,8H2,1-7H3,(H,26,27). The van der Waals surface area contributed by atoms with Crippen molar-refractivity contribution in [2.75, 3.05) is 19.0 Å². The highest BCUT2D eigenvalue weighted by Crippen LogP contribution is 2.41. The first kappa shape index (κ1) is 25.0. The molecule has 174 valence electrons. The first-order valence-corrected chi connectivity index (χ1v) is 10.3. The third kappa shape index (κ3) is 6.60. The van der Waals surface area contributed by atoms with E-state index >= 15 is 0 Å². The number of esters is 1. The molecule has 0 saturated carbocycles. The van der Waals surface area contributed by atoms with Crippen LogP contribution in [0.25, 0.3) is 0 Å². The normalized spacial score (nSPS) is 11.2. The lowest BCUT2D eigenvalue weighted by atomic mass is 10.1. The molecule has 2 aromatic carbocycles. The van der Waals surface area contributed by atoms with Gasteiger partial charge in [-0.15, -0.1) is 0 Å². The van der Waals surface area contributed by atoms with E-state index in [1.807, 2.05) is 41.5 Å². The number of carbonyl (C=O) groups excluding carboxylic acids is 2. The van der Waals surface area contributed by atoms with Crippen molar-refractivity contribution in [2.24, 2.45) is 0 Å². The van der Waals surface area contributed by atoms with Gasteiger partial charge in [-0.25, -0.2) is 9.18 Å². The molecule has 8 heteroatoms. The summed E-state index contributed by atoms with van der Waals surface area (Å²) in [4.78, 5) is 24.5. The average Bonchev–Trinajstić information content (AvgIpc) is 2.68. The molecule has 7 nitrogen and oxygen atoms in total. The number of hydrogen-bond donors (Lipinski definition) is 1. The van der Waals surface area contributed by atoms with Gasteiger partial charge in [-0.1, -0.05) is 0 Å². The lowest BCUT2D eigenvalue weighted by molar-refractivity contribution is 0.0595. The van der Waals surface area contributed by atoms with E-state index in [1.165, 1.54) is 12.1 Å². The van der Waals surface area contributed by atoms with Gasteiger partial charge in [0.2, 0.25) is 5.75 Å². The van der Waals surface area contributed by atoms with Crippen molar-refractivity contribution in [3.8, 4) is 17.2 Å². The minimum absolute atomic E-state index is 0.171. The topological polar surface area (TPSA) is 83.1 Å². The molecule has 1 N–H and O–H groups in total. The largest absolute Gasteiger partial charge is 0.487 e. The Kier molecular flexibility index (Phi) is 8.08. The summed E-state index contributed by atoms with van der Waals surface area (Å²) in [5.74, 6) is -0.990. The van der Waals surface area contributed by atoms with E-state index in [2.05, 4.69) is 10.1 Å². The number of carbonyl (C=O) groups is 2. The number of nitrogens with one attached hydrogen (secondary N) is 1. The third-order valence-corrected chi connectivity index (χ3v) is 3.98. The second-order valence-corrected chi connectivity index (χ2v) is 8.26. The molecule has 0 unspecified atom stereocenters. The molecule has 2 aromatic rings. The number of methoxy groups -OCH3 is 1. The molecule has 0 radical (unpaired) electrons. The van der Waals surface area contributed by atoms with Crippen molar-refractivity contribution < 1.29 is 32.9 Å². The van der Waals surface area contributed by atoms with E-state index in [1.54, 1.807) is 12.1 Å². The smallest absolute Gasteiger partial charge is 0.340 e. The van der Waals surface area contributed by atoms with Gasteiger partial charge < -0.3 is 24.3 Å². The minimum atomic E-state index is -0.804. The zero-order valence-electron chi connectivity index (χ0n) is 19.5. The Balaban J connectivity index is 2.44. The number of ether oxygens (including phenoxy) is 4. The Morgan fingerprint density at radius 2 is 1.75 bits per heavy atom. The van der Waals surface area contributed by atoms with Gasteiger partial charge in [0.15, 0.2) is 11.5 Å². The van der Waals surface area contributed by atoms with Crippen LogP contribution < -0.4 is 19.5 Å². The van der Waals surface area contributed by atoms with Gasteiger partial charge in [-0.05, 0) is 71.9 Å². The Morgan fingerprint density at radius 3 is 2.28 bits per heavy atom. The van der Waals surface area contributed by atoms with Crippen molar-refractivity contribution in [2.45, 2.75) is 53.2 Å². The van der Waals surface area contributed by atoms with Crippen LogP contribution in [0, 0.1) is 5.82 Å². The van der Waals surface area contributed by atoms with Crippen molar-refractivity contribution in [1.29, 1.82) is 0 Å². The van der Waals surface area contributed by atoms with E-state index in [-0.39, 0.29) is 22.9 Å². The average molecular weight is 448 g/mol. The Morgan fingerprint density at radius 1 is 1.09 bits per heavy atom. The molecule has 2 rings (SSSR count). The molecule has 0 aliphatic heterocycles. The van der Waals surface area contributed by atoms with Crippen molar-refractivity contribution in [1.82, 2.24) is 0 Å². The SMILES string of the molecule is CCOc1c(OC(C)C)cc(C(=O)Nc2ccc(C(=O)OC)c(F)c2)cc1OC(C)(C)C. The highest BCUT2D eigenvalue weighted by molar-refractivity contribution is 6.05. The fourth-order valence-electron chi connectivity index (χ4n) is 2.81. The van der Waals surface area contributed by atoms with Crippen LogP contribution in [0.2, 0.25) is 0 Å². The zero-order chi connectivity index (χ0) is 24.1. The highest BCUT2D eigenvalue weighted by atomic mass is 19.1. The maximum Gasteiger partial charge on any atom is 0.340 e. The molecule has 0 spiro atoms. The second kappa shape index (κ2) is 10.3. The number of anilines is 1. The zero-order valence-corrected chi connectivity index (χ0v) is 19.5. The predicted octanol–water partition coefficient (Wildman–Crippen LogP) is 5.23. The summed E-state index contributed by atoms with van der Waals surface area (Å²) in [7, 11) is 1.16. The van der Waals surface area contributed by atoms with Crippen LogP contribution in [0.4, 0.5) is 10.1 Å². The van der Waals surface area contributed by atoms with Gasteiger partial charge in [0.25, 0.3) is 5.91 Å². The quantitative estimate of drug-likeness (QED) is 0.558. The fraction of sp³-hybridized carbons (Fsp3) is 0.417. The van der Waals surface area contributed by atoms with Crippen LogP contribution in [0.15, 0.2) is 30.3 Å². The van der Waals surface area contributed by atoms with Crippen LogP contribution in [0.3, 0.4) is 0 Å². The monoisotopic (exact) mass is 447 g/mol. The van der Waals surface area contributed by atoms with Gasteiger partial charge in [0, 0.05) is 11.3 Å². The molecule has 0 aromatic heterocycles. The summed E-state index contributed by atoms with van der Waals surface area (Å²) >= 11 is 0. The van der Waals surface area contributed by atoms with E-state index in [0.29, 0.717) is 23.9 Å². The van der Waals surface area contributed by atoms with Crippen molar-refractivity contribution in [3.63, 3.8) is 0 Å². The van der Waals surface area contributed by atoms with Crippen molar-refractivity contribution >= 4 is 17.6 Å². The molecular formula is C24H30FNO6. The molecule has 0 bridgehead atoms. The third-order valence-electron chi connectivity index (χ3n) is 3.98. The number of halogens is 1. The van der Waals surface area contributed by atoms with Crippen molar-refractivity contribution in [3.05, 3.63) is 47.3 Å². The lowest BCUT2D eigenvalue weighted by Crippen LogP contribution is -2.24. The van der Waals surface area contributed by atoms with Crippen LogP contribution in [-0.4, -0.2) is 37.3 Å². The summed E-state index contributed by atoms with van der Waals surface area (Å²) in [6.07, 6.45) is -0.171. The Bertz CT molecular complexity index is 981. The van der Waals surface area contributed by atoms with Gasteiger partial charge >= 0.3 is 5.97 Å². The number of benzene rings is 2. The molecule has 0 aliphatic carbocycles. The second-order valence-electron chi connectivity index (χ2n) is 8.26. The summed E-state index contributed by atoms with van der Waals surface area (Å²) < 4.78 is 36.4. The van der Waals surface area contributed by atoms with Crippen LogP contribution in [0.1, 0.15) is 62.3 Å². The lowest BCUT2D eigenvalue weighted by Gasteiger charge is -2.25. The van der Waals surface area contributed by atoms with Crippen LogP contribution in [-0.2, 0) is 4.74 Å². The Hall–Kier alpha value is -3.29. The summed E-state index contributed by atoms with van der Waals surface area (Å²) in [5.41, 5.74) is -0.359. The van der Waals surface area contributed by atoms with Gasteiger partial charge in [0.1, 0.15) is 11.4 Å². The van der Waals surface area contributed by atoms with Gasteiger partial charge in [-0.3, -0.25) is 4.79 Å². The van der Waals surface area contributed by atoms with E-state index in [9.17, 15) is 14.0 Å². The van der Waals surface area contributed by atoms with Crippen LogP contribution >= 0.6 is 0 Å². The van der Waals surface area contributed by atoms with E-state index in [4.69, 9.17) is 14.2 Å². The van der Waals surface area contributed by atoms with Crippen LogP contribution in [0.5, 0.6) is 17.2 Å². The molecule has 1 amide bonds. The number of amides is 1. The Labute approximate surface area is 187 Å². The molecule has 32 heavy (non-hydrogen) atoms. The summed E-state index contributed by atoms with van der Waals surface area (Å²) in [6.45, 7) is 11.6. The summed E-state index contributed by atoms with van der Waals surface area (Å²) in [6, 6.07) is 6.82. The number of rotatable bonds is 8. The van der Waals surface area contributed by atoms with E-state index in [0.717, 1.165) is 13.2 Å². The first-order chi connectivity index (χ1) is 14.9. The molecule has 0 atom stereocenters. The highest BCUT2D eigenvalue weighted by Gasteiger charge is 2.23. The maximum atomic E-state index is 14.2. The van der Waals surface area contributed by atoms with Gasteiger partial charge in [0.05, 0.1) is 25.4 Å². The molecule has 0 heterocycles. The summed E-state index contributed by atoms with van der Waals surface area (Å²) in [5, 5.41) is 2.62. The maximum absolute atomic E-state index is 14.2. The molecular weight excluding hydrogens is 417 g/mol.